The molecule has 0 amide bonds. The van der Waals surface area contributed by atoms with Gasteiger partial charge >= 0.3 is 5.97 Å². The molecule has 25 heavy (non-hydrogen) atoms. The molecule has 1 N–H and O–H groups in total. The smallest absolute Gasteiger partial charge is 0.332 e. The molecule has 130 valence electrons. The zero-order valence-corrected chi connectivity index (χ0v) is 15.6. The van der Waals surface area contributed by atoms with Crippen molar-refractivity contribution in [3.63, 3.8) is 0 Å². The molecule has 0 bridgehead atoms. The maximum atomic E-state index is 13.1. The van der Waals surface area contributed by atoms with Crippen molar-refractivity contribution in [3.05, 3.63) is 76.3 Å². The molecule has 3 rings (SSSR count). The Balaban J connectivity index is 2.06. The zero-order chi connectivity index (χ0) is 18.0. The first-order valence-electron chi connectivity index (χ1n) is 7.64. The van der Waals surface area contributed by atoms with Gasteiger partial charge in [0.1, 0.15) is 0 Å². The summed E-state index contributed by atoms with van der Waals surface area (Å²) in [4.78, 5) is 11.5. The van der Waals surface area contributed by atoms with Gasteiger partial charge in [-0.2, -0.15) is 4.31 Å². The van der Waals surface area contributed by atoms with Gasteiger partial charge < -0.3 is 5.11 Å². The van der Waals surface area contributed by atoms with Gasteiger partial charge in [0, 0.05) is 16.6 Å². The summed E-state index contributed by atoms with van der Waals surface area (Å²) in [6.07, 6.45) is 1.93. The van der Waals surface area contributed by atoms with Crippen molar-refractivity contribution in [2.75, 3.05) is 6.54 Å². The molecule has 0 spiro atoms. The van der Waals surface area contributed by atoms with Crippen molar-refractivity contribution in [1.29, 1.82) is 0 Å². The second-order valence-electron chi connectivity index (χ2n) is 5.70. The van der Waals surface area contributed by atoms with Crippen LogP contribution in [0.2, 0.25) is 0 Å². The second kappa shape index (κ2) is 7.11. The van der Waals surface area contributed by atoms with Crippen LogP contribution in [0.25, 0.3) is 0 Å². The van der Waals surface area contributed by atoms with Crippen LogP contribution in [0.1, 0.15) is 18.0 Å². The molecule has 1 aliphatic heterocycles. The number of nitrogens with zero attached hydrogens (tertiary/aromatic N) is 1. The summed E-state index contributed by atoms with van der Waals surface area (Å²) in [6.45, 7) is -0.159. The number of carboxylic acids is 1. The molecule has 0 aliphatic carbocycles. The fraction of sp³-hybridized carbons (Fsp3) is 0.167. The lowest BCUT2D eigenvalue weighted by atomic mass is 9.98. The number of hydrogen-bond donors (Lipinski definition) is 1. The van der Waals surface area contributed by atoms with E-state index < -0.39 is 22.0 Å². The van der Waals surface area contributed by atoms with Crippen LogP contribution in [-0.4, -0.2) is 30.3 Å². The third kappa shape index (κ3) is 3.68. The molecule has 0 radical (unpaired) electrons. The van der Waals surface area contributed by atoms with Crippen LogP contribution in [-0.2, 0) is 14.8 Å². The molecular formula is C18H16BrNO4S. The highest BCUT2D eigenvalue weighted by Crippen LogP contribution is 2.35. The molecular weight excluding hydrogens is 406 g/mol. The summed E-state index contributed by atoms with van der Waals surface area (Å²) in [5.41, 5.74) is 0.928. The van der Waals surface area contributed by atoms with Gasteiger partial charge in [0.05, 0.1) is 10.9 Å². The van der Waals surface area contributed by atoms with Crippen LogP contribution in [0, 0.1) is 0 Å². The lowest BCUT2D eigenvalue weighted by Gasteiger charge is -2.34. The number of rotatable bonds is 4. The molecule has 2 aromatic carbocycles. The van der Waals surface area contributed by atoms with Crippen molar-refractivity contribution >= 4 is 31.9 Å². The maximum absolute atomic E-state index is 13.1. The van der Waals surface area contributed by atoms with Gasteiger partial charge in [-0.05, 0) is 36.2 Å². The van der Waals surface area contributed by atoms with Gasteiger partial charge in [-0.1, -0.05) is 52.3 Å². The number of carboxylic acid groups (broad SMARTS) is 1. The van der Waals surface area contributed by atoms with Crippen molar-refractivity contribution in [2.24, 2.45) is 0 Å². The highest BCUT2D eigenvalue weighted by molar-refractivity contribution is 9.10. The molecule has 0 fully saturated rings. The number of benzene rings is 2. The highest BCUT2D eigenvalue weighted by atomic mass is 79.9. The molecule has 1 atom stereocenters. The fourth-order valence-electron chi connectivity index (χ4n) is 2.84. The summed E-state index contributed by atoms with van der Waals surface area (Å²) in [5.74, 6) is -1.09. The van der Waals surface area contributed by atoms with Gasteiger partial charge in [0.15, 0.2) is 0 Å². The molecule has 5 nitrogen and oxygen atoms in total. The van der Waals surface area contributed by atoms with Crippen molar-refractivity contribution in [3.8, 4) is 0 Å². The molecule has 7 heteroatoms. The van der Waals surface area contributed by atoms with Crippen molar-refractivity contribution in [2.45, 2.75) is 17.4 Å². The SMILES string of the molecule is O=C(O)C1=CCC(c2ccccc2)N(S(=O)(=O)c2ccc(Br)cc2)C1. The first-order valence-corrected chi connectivity index (χ1v) is 9.87. The summed E-state index contributed by atoms with van der Waals surface area (Å²) in [6, 6.07) is 15.2. The third-order valence-corrected chi connectivity index (χ3v) is 6.54. The highest BCUT2D eigenvalue weighted by Gasteiger charge is 2.36. The minimum atomic E-state index is -3.83. The Morgan fingerprint density at radius 2 is 1.72 bits per heavy atom. The second-order valence-corrected chi connectivity index (χ2v) is 8.51. The van der Waals surface area contributed by atoms with E-state index in [0.29, 0.717) is 6.42 Å². The van der Waals surface area contributed by atoms with Crippen LogP contribution in [0.4, 0.5) is 0 Å². The Labute approximate surface area is 154 Å². The summed E-state index contributed by atoms with van der Waals surface area (Å²) >= 11 is 3.29. The fourth-order valence-corrected chi connectivity index (χ4v) is 4.71. The maximum Gasteiger partial charge on any atom is 0.332 e. The number of aliphatic carboxylic acids is 1. The van der Waals surface area contributed by atoms with E-state index in [1.165, 1.54) is 16.4 Å². The largest absolute Gasteiger partial charge is 0.478 e. The van der Waals surface area contributed by atoms with Crippen LogP contribution in [0.5, 0.6) is 0 Å². The van der Waals surface area contributed by atoms with E-state index in [0.717, 1.165) is 10.0 Å². The predicted molar refractivity (Wildman–Crippen MR) is 97.6 cm³/mol. The first kappa shape index (κ1) is 17.8. The van der Waals surface area contributed by atoms with Gasteiger partial charge in [-0.3, -0.25) is 0 Å². The summed E-state index contributed by atoms with van der Waals surface area (Å²) in [5, 5.41) is 9.29. The number of carbonyl (C=O) groups is 1. The average molecular weight is 422 g/mol. The van der Waals surface area contributed by atoms with Crippen LogP contribution < -0.4 is 0 Å². The van der Waals surface area contributed by atoms with E-state index >= 15 is 0 Å². The van der Waals surface area contributed by atoms with Crippen LogP contribution in [0.15, 0.2) is 75.6 Å². The van der Waals surface area contributed by atoms with Gasteiger partial charge in [0.2, 0.25) is 10.0 Å². The Hall–Kier alpha value is -1.96. The third-order valence-electron chi connectivity index (χ3n) is 4.14. The van der Waals surface area contributed by atoms with Gasteiger partial charge in [-0.25, -0.2) is 13.2 Å². The van der Waals surface area contributed by atoms with Gasteiger partial charge in [0.25, 0.3) is 0 Å². The lowest BCUT2D eigenvalue weighted by Crippen LogP contribution is -2.39. The Morgan fingerprint density at radius 3 is 2.32 bits per heavy atom. The molecule has 0 saturated heterocycles. The standard InChI is InChI=1S/C18H16BrNO4S/c19-15-7-9-16(10-8-15)25(23,24)20-12-14(18(21)22)6-11-17(20)13-4-2-1-3-5-13/h1-10,17H,11-12H2,(H,21,22). The van der Waals surface area contributed by atoms with Gasteiger partial charge in [-0.15, -0.1) is 0 Å². The minimum absolute atomic E-state index is 0.0906. The number of sulfonamides is 1. The van der Waals surface area contributed by atoms with E-state index in [9.17, 15) is 18.3 Å². The van der Waals surface area contributed by atoms with E-state index in [1.54, 1.807) is 18.2 Å². The normalized spacial score (nSPS) is 18.6. The van der Waals surface area contributed by atoms with Crippen molar-refractivity contribution < 1.29 is 18.3 Å². The summed E-state index contributed by atoms with van der Waals surface area (Å²) in [7, 11) is -3.83. The monoisotopic (exact) mass is 421 g/mol. The first-order chi connectivity index (χ1) is 11.9. The van der Waals surface area contributed by atoms with E-state index in [4.69, 9.17) is 0 Å². The van der Waals surface area contributed by atoms with E-state index in [1.807, 2.05) is 30.3 Å². The molecule has 0 saturated carbocycles. The number of halogens is 1. The average Bonchev–Trinajstić information content (AvgIpc) is 2.62. The Kier molecular flexibility index (Phi) is 5.08. The summed E-state index contributed by atoms with van der Waals surface area (Å²) < 4.78 is 28.3. The lowest BCUT2D eigenvalue weighted by molar-refractivity contribution is -0.133. The minimum Gasteiger partial charge on any atom is -0.478 e. The Morgan fingerprint density at radius 1 is 1.08 bits per heavy atom. The predicted octanol–water partition coefficient (Wildman–Crippen LogP) is 3.60. The van der Waals surface area contributed by atoms with E-state index in [-0.39, 0.29) is 17.0 Å². The molecule has 1 heterocycles. The van der Waals surface area contributed by atoms with Crippen LogP contribution in [0.3, 0.4) is 0 Å². The topological polar surface area (TPSA) is 74.7 Å². The quantitative estimate of drug-likeness (QED) is 0.817. The molecule has 1 unspecified atom stereocenters. The van der Waals surface area contributed by atoms with Crippen LogP contribution >= 0.6 is 15.9 Å². The van der Waals surface area contributed by atoms with Crippen molar-refractivity contribution in [1.82, 2.24) is 4.31 Å². The molecule has 2 aromatic rings. The Bertz CT molecular complexity index is 908. The zero-order valence-electron chi connectivity index (χ0n) is 13.2. The number of hydrogen-bond acceptors (Lipinski definition) is 3. The molecule has 1 aliphatic rings. The molecule has 0 aromatic heterocycles. The van der Waals surface area contributed by atoms with E-state index in [2.05, 4.69) is 15.9 Å².